The van der Waals surface area contributed by atoms with Gasteiger partial charge in [-0.25, -0.2) is 4.39 Å². The van der Waals surface area contributed by atoms with E-state index in [2.05, 4.69) is 5.32 Å². The zero-order chi connectivity index (χ0) is 14.7. The molecule has 0 bridgehead atoms. The van der Waals surface area contributed by atoms with Crippen LogP contribution in [0.25, 0.3) is 0 Å². The Labute approximate surface area is 132 Å². The summed E-state index contributed by atoms with van der Waals surface area (Å²) in [5.41, 5.74) is 1.75. The molecular formula is C15H13Cl3FN. The van der Waals surface area contributed by atoms with Crippen molar-refractivity contribution in [3.63, 3.8) is 0 Å². The second kappa shape index (κ2) is 6.77. The van der Waals surface area contributed by atoms with Crippen molar-refractivity contribution in [1.29, 1.82) is 0 Å². The highest BCUT2D eigenvalue weighted by Gasteiger charge is 2.11. The lowest BCUT2D eigenvalue weighted by Crippen LogP contribution is -2.18. The summed E-state index contributed by atoms with van der Waals surface area (Å²) in [6.07, 6.45) is 0. The summed E-state index contributed by atoms with van der Waals surface area (Å²) in [6, 6.07) is 9.79. The topological polar surface area (TPSA) is 12.0 Å². The van der Waals surface area contributed by atoms with Gasteiger partial charge in [-0.05, 0) is 36.8 Å². The number of hydrogen-bond acceptors (Lipinski definition) is 1. The van der Waals surface area contributed by atoms with Crippen molar-refractivity contribution >= 4 is 34.8 Å². The van der Waals surface area contributed by atoms with Crippen LogP contribution in [0.5, 0.6) is 0 Å². The molecule has 0 amide bonds. The quantitative estimate of drug-likeness (QED) is 0.715. The Morgan fingerprint density at radius 2 is 1.60 bits per heavy atom. The fourth-order valence-corrected chi connectivity index (χ4v) is 2.54. The molecule has 2 rings (SSSR count). The minimum Gasteiger partial charge on any atom is -0.306 e. The highest BCUT2D eigenvalue weighted by Crippen LogP contribution is 2.31. The van der Waals surface area contributed by atoms with Gasteiger partial charge in [0, 0.05) is 23.2 Å². The van der Waals surface area contributed by atoms with Crippen LogP contribution in [-0.2, 0) is 6.54 Å². The Balaban J connectivity index is 2.09. The molecule has 0 saturated carbocycles. The molecule has 0 spiro atoms. The molecule has 0 heterocycles. The molecule has 1 N–H and O–H groups in total. The van der Waals surface area contributed by atoms with Crippen molar-refractivity contribution < 1.29 is 4.39 Å². The summed E-state index contributed by atoms with van der Waals surface area (Å²) >= 11 is 18.2. The van der Waals surface area contributed by atoms with Gasteiger partial charge in [-0.2, -0.15) is 0 Å². The van der Waals surface area contributed by atoms with E-state index >= 15 is 0 Å². The Morgan fingerprint density at radius 3 is 2.25 bits per heavy atom. The number of benzene rings is 2. The Morgan fingerprint density at radius 1 is 1.00 bits per heavy atom. The summed E-state index contributed by atoms with van der Waals surface area (Å²) in [4.78, 5) is 0. The molecular weight excluding hydrogens is 320 g/mol. The van der Waals surface area contributed by atoms with Crippen LogP contribution < -0.4 is 5.32 Å². The summed E-state index contributed by atoms with van der Waals surface area (Å²) in [5, 5.41) is 4.79. The summed E-state index contributed by atoms with van der Waals surface area (Å²) in [5.74, 6) is -0.248. The van der Waals surface area contributed by atoms with Crippen LogP contribution in [0.2, 0.25) is 15.1 Å². The average molecular weight is 333 g/mol. The number of hydrogen-bond donors (Lipinski definition) is 1. The first-order chi connectivity index (χ1) is 9.49. The van der Waals surface area contributed by atoms with Crippen LogP contribution in [0.3, 0.4) is 0 Å². The van der Waals surface area contributed by atoms with Gasteiger partial charge in [0.05, 0.1) is 10.0 Å². The molecule has 0 aliphatic rings. The van der Waals surface area contributed by atoms with Crippen molar-refractivity contribution in [2.24, 2.45) is 0 Å². The standard InChI is InChI=1S/C15H13Cl3FN/c1-9(10-2-4-11(19)5-3-10)20-8-12-13(16)6-7-14(17)15(12)18/h2-7,9,20H,8H2,1H3/t9-/m1/s1. The van der Waals surface area contributed by atoms with Gasteiger partial charge in [-0.1, -0.05) is 46.9 Å². The maximum Gasteiger partial charge on any atom is 0.123 e. The van der Waals surface area contributed by atoms with Gasteiger partial charge < -0.3 is 5.32 Å². The molecule has 1 atom stereocenters. The van der Waals surface area contributed by atoms with Gasteiger partial charge in [0.15, 0.2) is 0 Å². The van der Waals surface area contributed by atoms with Crippen LogP contribution in [0.1, 0.15) is 24.1 Å². The predicted molar refractivity (Wildman–Crippen MR) is 83.1 cm³/mol. The van der Waals surface area contributed by atoms with E-state index in [1.807, 2.05) is 6.92 Å². The lowest BCUT2D eigenvalue weighted by atomic mass is 10.1. The van der Waals surface area contributed by atoms with Gasteiger partial charge in [-0.3, -0.25) is 0 Å². The zero-order valence-corrected chi connectivity index (χ0v) is 13.0. The average Bonchev–Trinajstić information content (AvgIpc) is 2.43. The second-order valence-electron chi connectivity index (χ2n) is 4.48. The zero-order valence-electron chi connectivity index (χ0n) is 10.8. The van der Waals surface area contributed by atoms with Gasteiger partial charge >= 0.3 is 0 Å². The Hall–Kier alpha value is -0.800. The van der Waals surface area contributed by atoms with E-state index in [0.717, 1.165) is 11.1 Å². The molecule has 5 heteroatoms. The van der Waals surface area contributed by atoms with Crippen molar-refractivity contribution in [1.82, 2.24) is 5.32 Å². The first kappa shape index (κ1) is 15.6. The second-order valence-corrected chi connectivity index (χ2v) is 5.67. The maximum absolute atomic E-state index is 12.9. The predicted octanol–water partition coefficient (Wildman–Crippen LogP) is 5.64. The maximum atomic E-state index is 12.9. The normalized spacial score (nSPS) is 12.4. The van der Waals surface area contributed by atoms with Crippen molar-refractivity contribution in [2.75, 3.05) is 0 Å². The van der Waals surface area contributed by atoms with E-state index < -0.39 is 0 Å². The van der Waals surface area contributed by atoms with Crippen molar-refractivity contribution in [2.45, 2.75) is 19.5 Å². The highest BCUT2D eigenvalue weighted by molar-refractivity contribution is 6.44. The van der Waals surface area contributed by atoms with Crippen LogP contribution in [0.15, 0.2) is 36.4 Å². The minimum absolute atomic E-state index is 0.0433. The Kier molecular flexibility index (Phi) is 5.28. The van der Waals surface area contributed by atoms with E-state index in [-0.39, 0.29) is 11.9 Å². The number of nitrogens with one attached hydrogen (secondary N) is 1. The van der Waals surface area contributed by atoms with E-state index in [4.69, 9.17) is 34.8 Å². The molecule has 2 aromatic rings. The fraction of sp³-hybridized carbons (Fsp3) is 0.200. The van der Waals surface area contributed by atoms with E-state index in [1.54, 1.807) is 24.3 Å². The van der Waals surface area contributed by atoms with Crippen LogP contribution in [0, 0.1) is 5.82 Å². The third kappa shape index (κ3) is 3.64. The molecule has 2 aromatic carbocycles. The van der Waals surface area contributed by atoms with E-state index in [0.29, 0.717) is 21.6 Å². The first-order valence-electron chi connectivity index (χ1n) is 6.10. The largest absolute Gasteiger partial charge is 0.306 e. The number of halogens is 4. The molecule has 0 aromatic heterocycles. The van der Waals surface area contributed by atoms with Gasteiger partial charge in [-0.15, -0.1) is 0 Å². The van der Waals surface area contributed by atoms with Crippen LogP contribution in [-0.4, -0.2) is 0 Å². The van der Waals surface area contributed by atoms with Gasteiger partial charge in [0.1, 0.15) is 5.82 Å². The fourth-order valence-electron chi connectivity index (χ4n) is 1.86. The molecule has 20 heavy (non-hydrogen) atoms. The van der Waals surface area contributed by atoms with E-state index in [1.165, 1.54) is 12.1 Å². The smallest absolute Gasteiger partial charge is 0.123 e. The molecule has 0 unspecified atom stereocenters. The van der Waals surface area contributed by atoms with Gasteiger partial charge in [0.25, 0.3) is 0 Å². The summed E-state index contributed by atoms with van der Waals surface area (Å²) in [7, 11) is 0. The monoisotopic (exact) mass is 331 g/mol. The minimum atomic E-state index is -0.248. The molecule has 1 nitrogen and oxygen atoms in total. The molecule has 0 aliphatic carbocycles. The molecule has 0 radical (unpaired) electrons. The third-order valence-electron chi connectivity index (χ3n) is 3.09. The first-order valence-corrected chi connectivity index (χ1v) is 7.23. The van der Waals surface area contributed by atoms with Gasteiger partial charge in [0.2, 0.25) is 0 Å². The molecule has 0 fully saturated rings. The summed E-state index contributed by atoms with van der Waals surface area (Å²) in [6.45, 7) is 2.47. The number of rotatable bonds is 4. The van der Waals surface area contributed by atoms with Crippen molar-refractivity contribution in [3.8, 4) is 0 Å². The third-order valence-corrected chi connectivity index (χ3v) is 4.29. The van der Waals surface area contributed by atoms with Crippen LogP contribution in [0.4, 0.5) is 4.39 Å². The molecule has 106 valence electrons. The lowest BCUT2D eigenvalue weighted by Gasteiger charge is -2.16. The van der Waals surface area contributed by atoms with Crippen molar-refractivity contribution in [3.05, 3.63) is 68.4 Å². The van der Waals surface area contributed by atoms with Crippen LogP contribution >= 0.6 is 34.8 Å². The Bertz CT molecular complexity index is 599. The SMILES string of the molecule is C[C@@H](NCc1c(Cl)ccc(Cl)c1Cl)c1ccc(F)cc1. The lowest BCUT2D eigenvalue weighted by molar-refractivity contribution is 0.571. The molecule has 0 saturated heterocycles. The summed E-state index contributed by atoms with van der Waals surface area (Å²) < 4.78 is 12.9. The molecule has 0 aliphatic heterocycles. The highest BCUT2D eigenvalue weighted by atomic mass is 35.5. The van der Waals surface area contributed by atoms with E-state index in [9.17, 15) is 4.39 Å².